The molecule has 0 fully saturated rings. The van der Waals surface area contributed by atoms with Crippen LogP contribution in [0.3, 0.4) is 0 Å². The van der Waals surface area contributed by atoms with E-state index in [1.54, 1.807) is 0 Å². The van der Waals surface area contributed by atoms with Crippen molar-refractivity contribution in [3.63, 3.8) is 0 Å². The average molecular weight is 106 g/mol. The molecule has 2 N–H and O–H groups in total. The van der Waals surface area contributed by atoms with Gasteiger partial charge in [0.1, 0.15) is 0 Å². The lowest BCUT2D eigenvalue weighted by atomic mass is 10.4. The van der Waals surface area contributed by atoms with Crippen LogP contribution >= 0.6 is 0 Å². The summed E-state index contributed by atoms with van der Waals surface area (Å²) in [6, 6.07) is 0. The molecule has 0 radical (unpaired) electrons. The van der Waals surface area contributed by atoms with Crippen LogP contribution in [-0.4, -0.2) is 30.2 Å². The molecule has 0 aliphatic heterocycles. The molecule has 3 nitrogen and oxygen atoms in total. The summed E-state index contributed by atoms with van der Waals surface area (Å²) in [5.74, 6) is 0. The zero-order chi connectivity index (χ0) is 5.70. The first-order chi connectivity index (χ1) is 3.31. The molecule has 0 spiro atoms. The first-order valence-corrected chi connectivity index (χ1v) is 2.13. The van der Waals surface area contributed by atoms with Crippen LogP contribution in [0.15, 0.2) is 0 Å². The fourth-order valence-electron chi connectivity index (χ4n) is 0.228. The standard InChI is InChI=1S/C4H10O3/c1-7-4(6)2-3-5/h4-6H,2-3H2,1H3/t4-/m0/s1. The Bertz CT molecular complexity index is 37.9. The second-order valence-corrected chi connectivity index (χ2v) is 1.20. The summed E-state index contributed by atoms with van der Waals surface area (Å²) in [6.45, 7) is -0.0327. The lowest BCUT2D eigenvalue weighted by Gasteiger charge is -2.02. The number of hydrogen-bond acceptors (Lipinski definition) is 3. The van der Waals surface area contributed by atoms with Crippen molar-refractivity contribution in [3.05, 3.63) is 0 Å². The molecular formula is C4H10O3. The van der Waals surface area contributed by atoms with E-state index in [1.807, 2.05) is 0 Å². The molecule has 0 amide bonds. The topological polar surface area (TPSA) is 49.7 Å². The highest BCUT2D eigenvalue weighted by Crippen LogP contribution is 1.87. The molecule has 0 aliphatic rings. The minimum absolute atomic E-state index is 0.0327. The lowest BCUT2D eigenvalue weighted by Crippen LogP contribution is -2.09. The molecular weight excluding hydrogens is 96.0 g/mol. The Labute approximate surface area is 42.5 Å². The van der Waals surface area contributed by atoms with Gasteiger partial charge < -0.3 is 14.9 Å². The summed E-state index contributed by atoms with van der Waals surface area (Å²) >= 11 is 0. The second kappa shape index (κ2) is 4.05. The van der Waals surface area contributed by atoms with Gasteiger partial charge in [-0.05, 0) is 0 Å². The fourth-order valence-corrected chi connectivity index (χ4v) is 0.228. The zero-order valence-electron chi connectivity index (χ0n) is 4.29. The summed E-state index contributed by atoms with van der Waals surface area (Å²) in [6.07, 6.45) is -0.513. The monoisotopic (exact) mass is 106 g/mol. The Balaban J connectivity index is 2.83. The normalized spacial score (nSPS) is 14.1. The van der Waals surface area contributed by atoms with Crippen LogP contribution in [0.4, 0.5) is 0 Å². The smallest absolute Gasteiger partial charge is 0.156 e. The molecule has 0 heterocycles. The van der Waals surface area contributed by atoms with Crippen molar-refractivity contribution in [2.75, 3.05) is 13.7 Å². The Morgan fingerprint density at radius 1 is 1.71 bits per heavy atom. The van der Waals surface area contributed by atoms with Gasteiger partial charge >= 0.3 is 0 Å². The van der Waals surface area contributed by atoms with Crippen molar-refractivity contribution in [2.45, 2.75) is 12.7 Å². The van der Waals surface area contributed by atoms with Crippen LogP contribution in [0, 0.1) is 0 Å². The quantitative estimate of drug-likeness (QED) is 0.469. The highest BCUT2D eigenvalue weighted by atomic mass is 16.6. The maximum atomic E-state index is 8.48. The van der Waals surface area contributed by atoms with Gasteiger partial charge in [-0.25, -0.2) is 0 Å². The Kier molecular flexibility index (Phi) is 3.98. The minimum Gasteiger partial charge on any atom is -0.396 e. The van der Waals surface area contributed by atoms with Crippen LogP contribution in [0.25, 0.3) is 0 Å². The molecule has 0 saturated heterocycles. The molecule has 44 valence electrons. The van der Waals surface area contributed by atoms with Crippen molar-refractivity contribution >= 4 is 0 Å². The van der Waals surface area contributed by atoms with E-state index in [0.29, 0.717) is 0 Å². The first kappa shape index (κ1) is 6.88. The van der Waals surface area contributed by atoms with Crippen LogP contribution in [0.5, 0.6) is 0 Å². The summed E-state index contributed by atoms with van der Waals surface area (Å²) in [7, 11) is 1.39. The minimum atomic E-state index is -0.801. The number of aliphatic hydroxyl groups excluding tert-OH is 2. The van der Waals surface area contributed by atoms with Gasteiger partial charge in [-0.15, -0.1) is 0 Å². The van der Waals surface area contributed by atoms with Gasteiger partial charge in [0.25, 0.3) is 0 Å². The van der Waals surface area contributed by atoms with Gasteiger partial charge in [0.05, 0.1) is 0 Å². The van der Waals surface area contributed by atoms with E-state index in [1.165, 1.54) is 7.11 Å². The van der Waals surface area contributed by atoms with Crippen LogP contribution in [0.2, 0.25) is 0 Å². The van der Waals surface area contributed by atoms with Gasteiger partial charge in [-0.2, -0.15) is 0 Å². The van der Waals surface area contributed by atoms with Gasteiger partial charge in [0.2, 0.25) is 0 Å². The third-order valence-corrected chi connectivity index (χ3v) is 0.648. The average Bonchev–Trinajstić information content (AvgIpc) is 1.68. The van der Waals surface area contributed by atoms with Crippen molar-refractivity contribution < 1.29 is 14.9 Å². The van der Waals surface area contributed by atoms with E-state index in [9.17, 15) is 0 Å². The summed E-state index contributed by atoms with van der Waals surface area (Å²) < 4.78 is 4.39. The number of rotatable bonds is 3. The summed E-state index contributed by atoms with van der Waals surface area (Å²) in [4.78, 5) is 0. The first-order valence-electron chi connectivity index (χ1n) is 2.13. The molecule has 0 aromatic carbocycles. The van der Waals surface area contributed by atoms with E-state index in [0.717, 1.165) is 0 Å². The van der Waals surface area contributed by atoms with E-state index >= 15 is 0 Å². The Morgan fingerprint density at radius 3 is 2.43 bits per heavy atom. The molecule has 0 aromatic heterocycles. The lowest BCUT2D eigenvalue weighted by molar-refractivity contribution is -0.0849. The van der Waals surface area contributed by atoms with Crippen molar-refractivity contribution in [2.24, 2.45) is 0 Å². The third kappa shape index (κ3) is 3.72. The van der Waals surface area contributed by atoms with Gasteiger partial charge in [-0.3, -0.25) is 0 Å². The Hall–Kier alpha value is -0.120. The predicted molar refractivity (Wildman–Crippen MR) is 24.7 cm³/mol. The molecule has 0 aromatic rings. The number of hydrogen-bond donors (Lipinski definition) is 2. The van der Waals surface area contributed by atoms with Crippen molar-refractivity contribution in [1.29, 1.82) is 0 Å². The SMILES string of the molecule is CO[C@H](O)CCO. The van der Waals surface area contributed by atoms with Crippen molar-refractivity contribution in [3.8, 4) is 0 Å². The summed E-state index contributed by atoms with van der Waals surface area (Å²) in [5, 5.41) is 16.6. The molecule has 7 heavy (non-hydrogen) atoms. The van der Waals surface area contributed by atoms with Crippen LogP contribution < -0.4 is 0 Å². The Morgan fingerprint density at radius 2 is 2.29 bits per heavy atom. The molecule has 3 heteroatoms. The van der Waals surface area contributed by atoms with E-state index in [-0.39, 0.29) is 13.0 Å². The van der Waals surface area contributed by atoms with Crippen LogP contribution in [0.1, 0.15) is 6.42 Å². The third-order valence-electron chi connectivity index (χ3n) is 0.648. The van der Waals surface area contributed by atoms with Gasteiger partial charge in [-0.1, -0.05) is 0 Å². The number of aliphatic hydroxyl groups is 2. The fraction of sp³-hybridized carbons (Fsp3) is 1.00. The van der Waals surface area contributed by atoms with Crippen LogP contribution in [-0.2, 0) is 4.74 Å². The second-order valence-electron chi connectivity index (χ2n) is 1.20. The zero-order valence-corrected chi connectivity index (χ0v) is 4.29. The highest BCUT2D eigenvalue weighted by Gasteiger charge is 1.95. The number of methoxy groups -OCH3 is 1. The maximum absolute atomic E-state index is 8.48. The largest absolute Gasteiger partial charge is 0.396 e. The molecule has 0 saturated carbocycles. The van der Waals surface area contributed by atoms with Gasteiger partial charge in [0, 0.05) is 20.1 Å². The van der Waals surface area contributed by atoms with E-state index in [2.05, 4.69) is 4.74 Å². The number of ether oxygens (including phenoxy) is 1. The van der Waals surface area contributed by atoms with E-state index in [4.69, 9.17) is 10.2 Å². The molecule has 0 rings (SSSR count). The highest BCUT2D eigenvalue weighted by molar-refractivity contribution is 4.34. The molecule has 1 atom stereocenters. The van der Waals surface area contributed by atoms with Crippen molar-refractivity contribution in [1.82, 2.24) is 0 Å². The molecule has 0 unspecified atom stereocenters. The summed E-state index contributed by atoms with van der Waals surface area (Å²) in [5.41, 5.74) is 0. The van der Waals surface area contributed by atoms with Gasteiger partial charge in [0.15, 0.2) is 6.29 Å². The van der Waals surface area contributed by atoms with E-state index < -0.39 is 6.29 Å². The molecule has 0 bridgehead atoms. The maximum Gasteiger partial charge on any atom is 0.156 e. The molecule has 0 aliphatic carbocycles. The predicted octanol–water partition coefficient (Wildman–Crippen LogP) is -0.666.